The zero-order valence-corrected chi connectivity index (χ0v) is 12.0. The maximum absolute atomic E-state index is 3.21. The molecule has 1 heterocycles. The summed E-state index contributed by atoms with van der Waals surface area (Å²) in [6, 6.07) is 8.95. The maximum atomic E-state index is 3.21. The Morgan fingerprint density at radius 2 is 2.06 bits per heavy atom. The van der Waals surface area contributed by atoms with Gasteiger partial charge in [-0.15, -0.1) is 0 Å². The molecule has 18 heavy (non-hydrogen) atoms. The molecule has 0 aromatic heterocycles. The van der Waals surface area contributed by atoms with E-state index in [2.05, 4.69) is 48.3 Å². The molecule has 1 aromatic rings. The molecule has 0 radical (unpaired) electrons. The maximum Gasteiger partial charge on any atom is 0.0234 e. The molecule has 0 bridgehead atoms. The Bertz CT molecular complexity index is 384. The van der Waals surface area contributed by atoms with Gasteiger partial charge in [-0.3, -0.25) is 4.90 Å². The van der Waals surface area contributed by atoms with Gasteiger partial charge >= 0.3 is 0 Å². The molecule has 2 rings (SSSR count). The first kappa shape index (κ1) is 13.6. The summed E-state index contributed by atoms with van der Waals surface area (Å²) in [7, 11) is 2.00. The van der Waals surface area contributed by atoms with Crippen molar-refractivity contribution in [1.82, 2.24) is 10.2 Å². The van der Waals surface area contributed by atoms with Crippen molar-refractivity contribution in [2.75, 3.05) is 20.1 Å². The highest BCUT2D eigenvalue weighted by Gasteiger charge is 2.25. The van der Waals surface area contributed by atoms with Gasteiger partial charge < -0.3 is 5.32 Å². The van der Waals surface area contributed by atoms with E-state index in [0.29, 0.717) is 5.41 Å². The van der Waals surface area contributed by atoms with Crippen LogP contribution < -0.4 is 5.32 Å². The normalized spacial score (nSPS) is 19.9. The zero-order valence-electron chi connectivity index (χ0n) is 12.0. The Morgan fingerprint density at radius 3 is 2.78 bits per heavy atom. The fourth-order valence-corrected chi connectivity index (χ4v) is 2.98. The third-order valence-corrected chi connectivity index (χ3v) is 3.76. The van der Waals surface area contributed by atoms with Crippen LogP contribution in [0, 0.1) is 5.41 Å². The Hall–Kier alpha value is -0.860. The van der Waals surface area contributed by atoms with Gasteiger partial charge in [-0.25, -0.2) is 0 Å². The lowest BCUT2D eigenvalue weighted by Crippen LogP contribution is -2.39. The predicted octanol–water partition coefficient (Wildman–Crippen LogP) is 3.03. The van der Waals surface area contributed by atoms with E-state index >= 15 is 0 Å². The van der Waals surface area contributed by atoms with Gasteiger partial charge in [-0.05, 0) is 43.0 Å². The fourth-order valence-electron chi connectivity index (χ4n) is 2.98. The van der Waals surface area contributed by atoms with Gasteiger partial charge in [0, 0.05) is 19.6 Å². The number of hydrogen-bond donors (Lipinski definition) is 1. The van der Waals surface area contributed by atoms with Crippen LogP contribution in [-0.4, -0.2) is 25.0 Å². The number of hydrogen-bond acceptors (Lipinski definition) is 2. The molecular formula is C16H26N2. The summed E-state index contributed by atoms with van der Waals surface area (Å²) in [5, 5.41) is 3.21. The summed E-state index contributed by atoms with van der Waals surface area (Å²) in [5.74, 6) is 0. The number of nitrogens with one attached hydrogen (secondary N) is 1. The molecule has 0 saturated carbocycles. The van der Waals surface area contributed by atoms with Crippen LogP contribution in [0.1, 0.15) is 37.8 Å². The molecule has 0 spiro atoms. The minimum Gasteiger partial charge on any atom is -0.316 e. The molecule has 2 heteroatoms. The number of likely N-dealkylation sites (tertiary alicyclic amines) is 1. The molecule has 1 aliphatic heterocycles. The van der Waals surface area contributed by atoms with E-state index in [1.54, 1.807) is 0 Å². The first-order valence-corrected chi connectivity index (χ1v) is 7.04. The summed E-state index contributed by atoms with van der Waals surface area (Å²) in [5.41, 5.74) is 3.31. The monoisotopic (exact) mass is 246 g/mol. The van der Waals surface area contributed by atoms with Crippen LogP contribution in [0.15, 0.2) is 24.3 Å². The SMILES string of the molecule is CNCc1cccc(CN2CCCC(C)(C)C2)c1. The van der Waals surface area contributed by atoms with Gasteiger partial charge in [0.05, 0.1) is 0 Å². The van der Waals surface area contributed by atoms with Crippen molar-refractivity contribution < 1.29 is 0 Å². The highest BCUT2D eigenvalue weighted by Crippen LogP contribution is 2.29. The minimum absolute atomic E-state index is 0.487. The second-order valence-corrected chi connectivity index (χ2v) is 6.33. The standard InChI is InChI=1S/C16H26N2/c1-16(2)8-5-9-18(13-16)12-15-7-4-6-14(10-15)11-17-3/h4,6-7,10,17H,5,8-9,11-13H2,1-3H3. The lowest BCUT2D eigenvalue weighted by molar-refractivity contribution is 0.111. The fraction of sp³-hybridized carbons (Fsp3) is 0.625. The first-order valence-electron chi connectivity index (χ1n) is 7.04. The van der Waals surface area contributed by atoms with E-state index in [0.717, 1.165) is 13.1 Å². The molecule has 1 N–H and O–H groups in total. The molecule has 100 valence electrons. The van der Waals surface area contributed by atoms with Crippen molar-refractivity contribution >= 4 is 0 Å². The number of piperidine rings is 1. The van der Waals surface area contributed by atoms with Gasteiger partial charge in [-0.2, -0.15) is 0 Å². The van der Waals surface area contributed by atoms with Crippen molar-refractivity contribution in [3.63, 3.8) is 0 Å². The lowest BCUT2D eigenvalue weighted by Gasteiger charge is -2.38. The summed E-state index contributed by atoms with van der Waals surface area (Å²) < 4.78 is 0. The van der Waals surface area contributed by atoms with E-state index in [1.807, 2.05) is 7.05 Å². The van der Waals surface area contributed by atoms with Gasteiger partial charge in [0.2, 0.25) is 0 Å². The van der Waals surface area contributed by atoms with Crippen LogP contribution in [0.25, 0.3) is 0 Å². The average molecular weight is 246 g/mol. The third-order valence-electron chi connectivity index (χ3n) is 3.76. The van der Waals surface area contributed by atoms with Gasteiger partial charge in [0.1, 0.15) is 0 Å². The minimum atomic E-state index is 0.487. The number of nitrogens with zero attached hydrogens (tertiary/aromatic N) is 1. The van der Waals surface area contributed by atoms with Crippen LogP contribution in [-0.2, 0) is 13.1 Å². The highest BCUT2D eigenvalue weighted by atomic mass is 15.1. The average Bonchev–Trinajstić information content (AvgIpc) is 2.28. The summed E-state index contributed by atoms with van der Waals surface area (Å²) >= 11 is 0. The van der Waals surface area contributed by atoms with E-state index in [1.165, 1.54) is 37.1 Å². The summed E-state index contributed by atoms with van der Waals surface area (Å²) in [4.78, 5) is 2.60. The molecule has 1 fully saturated rings. The van der Waals surface area contributed by atoms with Crippen molar-refractivity contribution in [3.8, 4) is 0 Å². The van der Waals surface area contributed by atoms with Gasteiger partial charge in [-0.1, -0.05) is 38.1 Å². The first-order chi connectivity index (χ1) is 8.59. The van der Waals surface area contributed by atoms with E-state index in [-0.39, 0.29) is 0 Å². The molecule has 0 aliphatic carbocycles. The molecule has 1 aliphatic rings. The van der Waals surface area contributed by atoms with Crippen LogP contribution >= 0.6 is 0 Å². The van der Waals surface area contributed by atoms with E-state index in [9.17, 15) is 0 Å². The van der Waals surface area contributed by atoms with Crippen molar-refractivity contribution in [2.24, 2.45) is 5.41 Å². The quantitative estimate of drug-likeness (QED) is 0.878. The second-order valence-electron chi connectivity index (χ2n) is 6.33. The van der Waals surface area contributed by atoms with Crippen LogP contribution in [0.4, 0.5) is 0 Å². The smallest absolute Gasteiger partial charge is 0.0234 e. The largest absolute Gasteiger partial charge is 0.316 e. The molecule has 1 aromatic carbocycles. The van der Waals surface area contributed by atoms with Crippen molar-refractivity contribution in [2.45, 2.75) is 39.8 Å². The van der Waals surface area contributed by atoms with Crippen molar-refractivity contribution in [1.29, 1.82) is 0 Å². The molecule has 2 nitrogen and oxygen atoms in total. The Balaban J connectivity index is 1.98. The topological polar surface area (TPSA) is 15.3 Å². The zero-order chi connectivity index (χ0) is 13.0. The Labute approximate surface area is 111 Å². The van der Waals surface area contributed by atoms with Crippen LogP contribution in [0.2, 0.25) is 0 Å². The molecule has 0 unspecified atom stereocenters. The molecular weight excluding hydrogens is 220 g/mol. The van der Waals surface area contributed by atoms with E-state index < -0.39 is 0 Å². The number of benzene rings is 1. The Morgan fingerprint density at radius 1 is 1.28 bits per heavy atom. The Kier molecular flexibility index (Phi) is 4.41. The summed E-state index contributed by atoms with van der Waals surface area (Å²) in [6.07, 6.45) is 2.70. The summed E-state index contributed by atoms with van der Waals surface area (Å²) in [6.45, 7) is 9.30. The molecule has 1 saturated heterocycles. The van der Waals surface area contributed by atoms with Crippen molar-refractivity contribution in [3.05, 3.63) is 35.4 Å². The van der Waals surface area contributed by atoms with Crippen LogP contribution in [0.3, 0.4) is 0 Å². The predicted molar refractivity (Wildman–Crippen MR) is 77.5 cm³/mol. The van der Waals surface area contributed by atoms with Gasteiger partial charge in [0.15, 0.2) is 0 Å². The molecule has 0 atom stereocenters. The molecule has 0 amide bonds. The van der Waals surface area contributed by atoms with Gasteiger partial charge in [0.25, 0.3) is 0 Å². The highest BCUT2D eigenvalue weighted by molar-refractivity contribution is 5.23. The van der Waals surface area contributed by atoms with E-state index in [4.69, 9.17) is 0 Å². The lowest BCUT2D eigenvalue weighted by atomic mass is 9.84. The number of rotatable bonds is 4. The second kappa shape index (κ2) is 5.85. The van der Waals surface area contributed by atoms with Crippen LogP contribution in [0.5, 0.6) is 0 Å². The third kappa shape index (κ3) is 3.82.